The van der Waals surface area contributed by atoms with Crippen molar-refractivity contribution in [1.82, 2.24) is 0 Å². The molecule has 1 aromatic heterocycles. The topological polar surface area (TPSA) is 85.4 Å². The van der Waals surface area contributed by atoms with Gasteiger partial charge >= 0.3 is 5.69 Å². The summed E-state index contributed by atoms with van der Waals surface area (Å²) in [7, 11) is 0. The molecule has 0 atom stereocenters. The van der Waals surface area contributed by atoms with E-state index in [9.17, 15) is 14.9 Å². The molecule has 0 aliphatic carbocycles. The van der Waals surface area contributed by atoms with Crippen LogP contribution in [0.1, 0.15) is 0 Å². The van der Waals surface area contributed by atoms with Gasteiger partial charge in [-0.1, -0.05) is 6.58 Å². The average molecular weight is 182 g/mol. The van der Waals surface area contributed by atoms with Gasteiger partial charge in [-0.25, -0.2) is 0 Å². The van der Waals surface area contributed by atoms with E-state index in [0.29, 0.717) is 0 Å². The summed E-state index contributed by atoms with van der Waals surface area (Å²) in [6, 6.07) is 1.15. The van der Waals surface area contributed by atoms with E-state index >= 15 is 0 Å². The first-order valence-electron chi connectivity index (χ1n) is 3.30. The van der Waals surface area contributed by atoms with Gasteiger partial charge in [0.1, 0.15) is 6.26 Å². The van der Waals surface area contributed by atoms with Gasteiger partial charge in [0.25, 0.3) is 5.88 Å². The maximum Gasteiger partial charge on any atom is 0.332 e. The van der Waals surface area contributed by atoms with Crippen molar-refractivity contribution < 1.29 is 14.1 Å². The quantitative estimate of drug-likeness (QED) is 0.433. The Balaban J connectivity index is 2.88. The number of carbonyl (C=O) groups is 1. The molecule has 0 radical (unpaired) electrons. The van der Waals surface area contributed by atoms with Gasteiger partial charge in [-0.15, -0.1) is 0 Å². The first-order valence-corrected chi connectivity index (χ1v) is 3.30. The Hall–Kier alpha value is -2.11. The molecule has 0 unspecified atom stereocenters. The molecule has 13 heavy (non-hydrogen) atoms. The number of hydrogen-bond acceptors (Lipinski definition) is 4. The Morgan fingerprint density at radius 3 is 3.00 bits per heavy atom. The van der Waals surface area contributed by atoms with Gasteiger partial charge in [-0.05, 0) is 6.08 Å². The van der Waals surface area contributed by atoms with Crippen molar-refractivity contribution in [3.05, 3.63) is 35.1 Å². The molecule has 68 valence electrons. The molecule has 1 rings (SSSR count). The molecule has 0 saturated heterocycles. The number of nitro groups is 1. The molecule has 1 heterocycles. The predicted octanol–water partition coefficient (Wildman–Crippen LogP) is 1.31. The number of nitrogens with one attached hydrogen (secondary N) is 1. The maximum atomic E-state index is 10.7. The van der Waals surface area contributed by atoms with Crippen molar-refractivity contribution in [3.63, 3.8) is 0 Å². The van der Waals surface area contributed by atoms with Gasteiger partial charge in [-0.3, -0.25) is 20.2 Å². The summed E-state index contributed by atoms with van der Waals surface area (Å²) in [6.07, 6.45) is 2.11. The second kappa shape index (κ2) is 3.53. The third-order valence-corrected chi connectivity index (χ3v) is 1.26. The zero-order chi connectivity index (χ0) is 9.84. The van der Waals surface area contributed by atoms with Crippen LogP contribution in [0.25, 0.3) is 0 Å². The largest absolute Gasteiger partial charge is 0.443 e. The zero-order valence-corrected chi connectivity index (χ0v) is 6.52. The van der Waals surface area contributed by atoms with Crippen molar-refractivity contribution in [2.45, 2.75) is 0 Å². The number of carbonyl (C=O) groups excluding carboxylic acids is 1. The summed E-state index contributed by atoms with van der Waals surface area (Å²) >= 11 is 0. The van der Waals surface area contributed by atoms with Crippen molar-refractivity contribution in [1.29, 1.82) is 0 Å². The number of furan rings is 1. The average Bonchev–Trinajstić information content (AvgIpc) is 2.52. The molecule has 0 aliphatic rings. The number of nitrogens with zero attached hydrogens (tertiary/aromatic N) is 1. The highest BCUT2D eigenvalue weighted by Gasteiger charge is 2.17. The lowest BCUT2D eigenvalue weighted by Crippen LogP contribution is -2.07. The Kier molecular flexibility index (Phi) is 2.44. The van der Waals surface area contributed by atoms with Crippen LogP contribution in [-0.4, -0.2) is 10.8 Å². The second-order valence-corrected chi connectivity index (χ2v) is 2.09. The predicted molar refractivity (Wildman–Crippen MR) is 44.2 cm³/mol. The molecule has 6 nitrogen and oxygen atoms in total. The fourth-order valence-corrected chi connectivity index (χ4v) is 0.703. The van der Waals surface area contributed by atoms with Crippen molar-refractivity contribution in [2.75, 3.05) is 5.32 Å². The monoisotopic (exact) mass is 182 g/mol. The molecule has 0 spiro atoms. The molecular formula is C7H6N2O4. The maximum absolute atomic E-state index is 10.7. The van der Waals surface area contributed by atoms with E-state index in [1.165, 1.54) is 0 Å². The minimum absolute atomic E-state index is 0.185. The summed E-state index contributed by atoms with van der Waals surface area (Å²) in [4.78, 5) is 20.4. The van der Waals surface area contributed by atoms with Gasteiger partial charge in [0.2, 0.25) is 5.91 Å². The number of anilines is 1. The van der Waals surface area contributed by atoms with Crippen molar-refractivity contribution in [2.24, 2.45) is 0 Å². The molecule has 0 fully saturated rings. The summed E-state index contributed by atoms with van der Waals surface area (Å²) < 4.78 is 4.68. The van der Waals surface area contributed by atoms with Gasteiger partial charge in [-0.2, -0.15) is 0 Å². The minimum Gasteiger partial charge on any atom is -0.443 e. The van der Waals surface area contributed by atoms with Crippen LogP contribution in [0.2, 0.25) is 0 Å². The Bertz CT molecular complexity index is 355. The third-order valence-electron chi connectivity index (χ3n) is 1.26. The van der Waals surface area contributed by atoms with E-state index in [1.54, 1.807) is 0 Å². The van der Waals surface area contributed by atoms with E-state index in [4.69, 9.17) is 0 Å². The Morgan fingerprint density at radius 2 is 2.46 bits per heavy atom. The lowest BCUT2D eigenvalue weighted by Gasteiger charge is -1.95. The smallest absolute Gasteiger partial charge is 0.332 e. The fraction of sp³-hybridized carbons (Fsp3) is 0. The van der Waals surface area contributed by atoms with E-state index in [2.05, 4.69) is 16.3 Å². The van der Waals surface area contributed by atoms with E-state index < -0.39 is 10.8 Å². The van der Waals surface area contributed by atoms with Crippen LogP contribution in [-0.2, 0) is 4.79 Å². The molecule has 0 aromatic carbocycles. The number of amides is 1. The van der Waals surface area contributed by atoms with Crippen LogP contribution < -0.4 is 5.32 Å². The van der Waals surface area contributed by atoms with Crippen LogP contribution in [0.15, 0.2) is 29.4 Å². The van der Waals surface area contributed by atoms with E-state index in [0.717, 1.165) is 18.4 Å². The minimum atomic E-state index is -0.651. The lowest BCUT2D eigenvalue weighted by atomic mass is 10.5. The molecule has 0 aliphatic heterocycles. The molecule has 1 amide bonds. The summed E-state index contributed by atoms with van der Waals surface area (Å²) in [5, 5.41) is 12.5. The summed E-state index contributed by atoms with van der Waals surface area (Å²) in [5.41, 5.74) is -0.282. The molecule has 0 bridgehead atoms. The van der Waals surface area contributed by atoms with E-state index in [1.807, 2.05) is 0 Å². The van der Waals surface area contributed by atoms with Crippen molar-refractivity contribution in [3.8, 4) is 0 Å². The highest BCUT2D eigenvalue weighted by atomic mass is 16.6. The first kappa shape index (κ1) is 8.98. The molecule has 6 heteroatoms. The Morgan fingerprint density at radius 1 is 1.77 bits per heavy atom. The van der Waals surface area contributed by atoms with Gasteiger partial charge in [0, 0.05) is 0 Å². The lowest BCUT2D eigenvalue weighted by molar-refractivity contribution is -0.384. The third kappa shape index (κ3) is 1.92. The second-order valence-electron chi connectivity index (χ2n) is 2.09. The van der Waals surface area contributed by atoms with E-state index in [-0.39, 0.29) is 11.6 Å². The van der Waals surface area contributed by atoms with Gasteiger partial charge in [0.05, 0.1) is 11.0 Å². The molecule has 0 saturated carbocycles. The van der Waals surface area contributed by atoms with Crippen LogP contribution in [0.3, 0.4) is 0 Å². The zero-order valence-electron chi connectivity index (χ0n) is 6.52. The highest BCUT2D eigenvalue weighted by Crippen LogP contribution is 2.24. The normalized spacial score (nSPS) is 9.23. The SMILES string of the molecule is C=CC(=O)Nc1occc1[N+](=O)[O-]. The van der Waals surface area contributed by atoms with Gasteiger partial charge in [0.15, 0.2) is 0 Å². The molecule has 1 N–H and O–H groups in total. The number of hydrogen-bond donors (Lipinski definition) is 1. The first-order chi connectivity index (χ1) is 6.15. The van der Waals surface area contributed by atoms with Crippen LogP contribution in [0, 0.1) is 10.1 Å². The van der Waals surface area contributed by atoms with Crippen molar-refractivity contribution >= 4 is 17.5 Å². The van der Waals surface area contributed by atoms with Crippen LogP contribution in [0.5, 0.6) is 0 Å². The molecule has 1 aromatic rings. The van der Waals surface area contributed by atoms with Gasteiger partial charge < -0.3 is 4.42 Å². The van der Waals surface area contributed by atoms with Crippen LogP contribution >= 0.6 is 0 Å². The summed E-state index contributed by atoms with van der Waals surface area (Å²) in [6.45, 7) is 3.19. The molecular weight excluding hydrogens is 176 g/mol. The fourth-order valence-electron chi connectivity index (χ4n) is 0.703. The Labute approximate surface area is 73.0 Å². The summed E-state index contributed by atoms with van der Waals surface area (Å²) in [5.74, 6) is -0.743. The van der Waals surface area contributed by atoms with Crippen LogP contribution in [0.4, 0.5) is 11.6 Å². The highest BCUT2D eigenvalue weighted by molar-refractivity contribution is 5.99. The standard InChI is InChI=1S/C7H6N2O4/c1-2-6(10)8-7-5(9(11)12)3-4-13-7/h2-4H,1H2,(H,8,10). The number of rotatable bonds is 3.